The van der Waals surface area contributed by atoms with E-state index in [-0.39, 0.29) is 12.4 Å². The first-order valence-corrected chi connectivity index (χ1v) is 8.21. The molecule has 0 spiro atoms. The zero-order valence-electron chi connectivity index (χ0n) is 13.9. The van der Waals surface area contributed by atoms with Gasteiger partial charge in [-0.25, -0.2) is 9.67 Å². The number of allylic oxidation sites excluding steroid dienone is 4. The normalized spacial score (nSPS) is 17.2. The van der Waals surface area contributed by atoms with Gasteiger partial charge in [-0.15, -0.1) is 18.3 Å². The maximum atomic E-state index is 12.2. The molecule has 0 aliphatic heterocycles. The number of rotatable bonds is 6. The molecule has 1 heterocycles. The molecular formula is C18H18F3N3O2. The quantitative estimate of drug-likeness (QED) is 0.844. The smallest absolute Gasteiger partial charge is 0.406 e. The molecule has 26 heavy (non-hydrogen) atoms. The molecule has 1 aromatic carbocycles. The van der Waals surface area contributed by atoms with Gasteiger partial charge in [-0.3, -0.25) is 0 Å². The Hall–Kier alpha value is -2.61. The Kier molecular flexibility index (Phi) is 5.41. The highest BCUT2D eigenvalue weighted by molar-refractivity contribution is 5.63. The summed E-state index contributed by atoms with van der Waals surface area (Å²) in [4.78, 5) is 4.30. The van der Waals surface area contributed by atoms with Gasteiger partial charge in [-0.1, -0.05) is 18.2 Å². The number of nitrogens with zero attached hydrogens (tertiary/aromatic N) is 3. The summed E-state index contributed by atoms with van der Waals surface area (Å²) in [6.45, 7) is 0.171. The standard InChI is InChI=1S/C18H18F3N3O2/c19-18(20,21)26-16-8-6-15(7-9-16)24-12-22-17(23-24)14-5-1-3-13(11-14)4-2-10-25/h1,3,5-9,12-13,25H,2,4,10-11H2. The van der Waals surface area contributed by atoms with Gasteiger partial charge < -0.3 is 9.84 Å². The van der Waals surface area contributed by atoms with Crippen molar-refractivity contribution in [3.8, 4) is 11.4 Å². The largest absolute Gasteiger partial charge is 0.573 e. The van der Waals surface area contributed by atoms with Gasteiger partial charge in [0.15, 0.2) is 5.82 Å². The molecule has 0 fully saturated rings. The topological polar surface area (TPSA) is 60.2 Å². The number of aromatic nitrogens is 3. The van der Waals surface area contributed by atoms with E-state index < -0.39 is 6.36 Å². The second kappa shape index (κ2) is 7.74. The van der Waals surface area contributed by atoms with Crippen LogP contribution in [-0.4, -0.2) is 32.8 Å². The van der Waals surface area contributed by atoms with Crippen LogP contribution in [-0.2, 0) is 0 Å². The Labute approximate surface area is 148 Å². The minimum Gasteiger partial charge on any atom is -0.406 e. The van der Waals surface area contributed by atoms with Crippen LogP contribution in [0.3, 0.4) is 0 Å². The molecule has 0 saturated carbocycles. The summed E-state index contributed by atoms with van der Waals surface area (Å²) in [6.07, 6.45) is 5.27. The van der Waals surface area contributed by atoms with Crippen LogP contribution in [0.25, 0.3) is 11.3 Å². The fraction of sp³-hybridized carbons (Fsp3) is 0.333. The molecule has 3 rings (SSSR count). The SMILES string of the molecule is OCCCC1C=CC=C(c2ncn(-c3ccc(OC(F)(F)F)cc3)n2)C1. The molecule has 0 saturated heterocycles. The molecule has 138 valence electrons. The monoisotopic (exact) mass is 365 g/mol. The minimum absolute atomic E-state index is 0.171. The molecule has 2 aromatic rings. The van der Waals surface area contributed by atoms with Gasteiger partial charge >= 0.3 is 6.36 Å². The van der Waals surface area contributed by atoms with Crippen LogP contribution < -0.4 is 4.74 Å². The molecular weight excluding hydrogens is 347 g/mol. The second-order valence-corrected chi connectivity index (χ2v) is 5.96. The van der Waals surface area contributed by atoms with E-state index in [4.69, 9.17) is 5.11 Å². The van der Waals surface area contributed by atoms with Crippen molar-refractivity contribution in [3.05, 3.63) is 54.6 Å². The van der Waals surface area contributed by atoms with Gasteiger partial charge in [0.05, 0.1) is 5.69 Å². The predicted molar refractivity (Wildman–Crippen MR) is 89.6 cm³/mol. The van der Waals surface area contributed by atoms with Gasteiger partial charge in [-0.05, 0) is 55.0 Å². The van der Waals surface area contributed by atoms with E-state index in [0.717, 1.165) is 24.8 Å². The van der Waals surface area contributed by atoms with Crippen molar-refractivity contribution in [1.82, 2.24) is 14.8 Å². The van der Waals surface area contributed by atoms with Gasteiger partial charge in [0.2, 0.25) is 0 Å². The average Bonchev–Trinajstić information content (AvgIpc) is 3.10. The van der Waals surface area contributed by atoms with Crippen molar-refractivity contribution in [2.45, 2.75) is 25.6 Å². The summed E-state index contributed by atoms with van der Waals surface area (Å²) in [6, 6.07) is 5.44. The molecule has 0 radical (unpaired) electrons. The van der Waals surface area contributed by atoms with E-state index >= 15 is 0 Å². The molecule has 5 nitrogen and oxygen atoms in total. The van der Waals surface area contributed by atoms with Crippen LogP contribution in [0.15, 0.2) is 48.8 Å². The molecule has 1 atom stereocenters. The second-order valence-electron chi connectivity index (χ2n) is 5.96. The van der Waals surface area contributed by atoms with Crippen LogP contribution in [0.1, 0.15) is 25.1 Å². The van der Waals surface area contributed by atoms with Gasteiger partial charge in [-0.2, -0.15) is 0 Å². The van der Waals surface area contributed by atoms with Crippen molar-refractivity contribution < 1.29 is 23.0 Å². The summed E-state index contributed by atoms with van der Waals surface area (Å²) in [7, 11) is 0. The van der Waals surface area contributed by atoms with Gasteiger partial charge in [0.25, 0.3) is 0 Å². The highest BCUT2D eigenvalue weighted by Crippen LogP contribution is 2.28. The molecule has 1 unspecified atom stereocenters. The van der Waals surface area contributed by atoms with Crippen LogP contribution in [0.5, 0.6) is 5.75 Å². The van der Waals surface area contributed by atoms with Gasteiger partial charge in [0.1, 0.15) is 12.1 Å². The van der Waals surface area contributed by atoms with Crippen LogP contribution in [0, 0.1) is 5.92 Å². The lowest BCUT2D eigenvalue weighted by atomic mass is 9.90. The zero-order chi connectivity index (χ0) is 18.6. The van der Waals surface area contributed by atoms with Crippen molar-refractivity contribution in [2.75, 3.05) is 6.61 Å². The number of halogens is 3. The summed E-state index contributed by atoms with van der Waals surface area (Å²) in [5, 5.41) is 13.4. The minimum atomic E-state index is -4.71. The Bertz CT molecular complexity index is 795. The highest BCUT2D eigenvalue weighted by Gasteiger charge is 2.31. The molecule has 1 aliphatic carbocycles. The first-order chi connectivity index (χ1) is 12.4. The third-order valence-corrected chi connectivity index (χ3v) is 4.01. The van der Waals surface area contributed by atoms with E-state index in [9.17, 15) is 13.2 Å². The van der Waals surface area contributed by atoms with Crippen LogP contribution in [0.4, 0.5) is 13.2 Å². The number of hydrogen-bond acceptors (Lipinski definition) is 4. The van der Waals surface area contributed by atoms with E-state index in [1.54, 1.807) is 0 Å². The lowest BCUT2D eigenvalue weighted by Crippen LogP contribution is -2.17. The molecule has 1 aliphatic rings. The zero-order valence-corrected chi connectivity index (χ0v) is 13.9. The Morgan fingerprint density at radius 2 is 2.00 bits per heavy atom. The lowest BCUT2D eigenvalue weighted by molar-refractivity contribution is -0.274. The average molecular weight is 365 g/mol. The molecule has 1 aromatic heterocycles. The van der Waals surface area contributed by atoms with E-state index in [2.05, 4.69) is 20.9 Å². The Morgan fingerprint density at radius 1 is 1.23 bits per heavy atom. The number of ether oxygens (including phenoxy) is 1. The first kappa shape index (κ1) is 18.2. The fourth-order valence-corrected chi connectivity index (χ4v) is 2.80. The number of hydrogen-bond donors (Lipinski definition) is 1. The summed E-state index contributed by atoms with van der Waals surface area (Å²) >= 11 is 0. The van der Waals surface area contributed by atoms with Crippen molar-refractivity contribution in [1.29, 1.82) is 0 Å². The number of aliphatic hydroxyl groups excluding tert-OH is 1. The first-order valence-electron chi connectivity index (χ1n) is 8.21. The van der Waals surface area contributed by atoms with Crippen molar-refractivity contribution in [2.24, 2.45) is 5.92 Å². The summed E-state index contributed by atoms with van der Waals surface area (Å²) < 4.78 is 42.0. The van der Waals surface area contributed by atoms with E-state index in [1.165, 1.54) is 35.3 Å². The Morgan fingerprint density at radius 3 is 2.69 bits per heavy atom. The van der Waals surface area contributed by atoms with E-state index in [1.807, 2.05) is 12.2 Å². The third-order valence-electron chi connectivity index (χ3n) is 4.01. The molecule has 8 heteroatoms. The summed E-state index contributed by atoms with van der Waals surface area (Å²) in [5.74, 6) is 0.639. The van der Waals surface area contributed by atoms with Crippen molar-refractivity contribution >= 4 is 5.57 Å². The highest BCUT2D eigenvalue weighted by atomic mass is 19.4. The number of alkyl halides is 3. The van der Waals surface area contributed by atoms with Crippen LogP contribution >= 0.6 is 0 Å². The predicted octanol–water partition coefficient (Wildman–Crippen LogP) is 3.90. The molecule has 0 amide bonds. The molecule has 1 N–H and O–H groups in total. The van der Waals surface area contributed by atoms with Gasteiger partial charge in [0, 0.05) is 6.61 Å². The van der Waals surface area contributed by atoms with Crippen LogP contribution in [0.2, 0.25) is 0 Å². The Balaban J connectivity index is 1.70. The maximum Gasteiger partial charge on any atom is 0.573 e. The summed E-state index contributed by atoms with van der Waals surface area (Å²) in [5.41, 5.74) is 1.58. The van der Waals surface area contributed by atoms with E-state index in [0.29, 0.717) is 17.4 Å². The fourth-order valence-electron chi connectivity index (χ4n) is 2.80. The number of benzene rings is 1. The maximum absolute atomic E-state index is 12.2. The molecule has 0 bridgehead atoms. The third kappa shape index (κ3) is 4.72. The number of aliphatic hydroxyl groups is 1. The van der Waals surface area contributed by atoms with Crippen molar-refractivity contribution in [3.63, 3.8) is 0 Å². The lowest BCUT2D eigenvalue weighted by Gasteiger charge is -2.16.